The van der Waals surface area contributed by atoms with E-state index in [9.17, 15) is 4.39 Å². The zero-order chi connectivity index (χ0) is 15.0. The lowest BCUT2D eigenvalue weighted by Crippen LogP contribution is -2.43. The molecule has 1 aromatic carbocycles. The first-order chi connectivity index (χ1) is 10.1. The van der Waals surface area contributed by atoms with Crippen molar-refractivity contribution in [3.8, 4) is 5.75 Å². The van der Waals surface area contributed by atoms with E-state index in [2.05, 4.69) is 17.3 Å². The second-order valence-electron chi connectivity index (χ2n) is 6.44. The lowest BCUT2D eigenvalue weighted by Gasteiger charge is -2.40. The Hall–Kier alpha value is -1.13. The number of benzene rings is 1. The van der Waals surface area contributed by atoms with Gasteiger partial charge in [-0.1, -0.05) is 6.07 Å². The van der Waals surface area contributed by atoms with Crippen molar-refractivity contribution in [2.24, 2.45) is 5.92 Å². The summed E-state index contributed by atoms with van der Waals surface area (Å²) in [6.07, 6.45) is 4.90. The summed E-state index contributed by atoms with van der Waals surface area (Å²) < 4.78 is 19.5. The van der Waals surface area contributed by atoms with E-state index < -0.39 is 0 Å². The summed E-state index contributed by atoms with van der Waals surface area (Å²) in [6, 6.07) is 6.65. The van der Waals surface area contributed by atoms with Crippen molar-refractivity contribution >= 4 is 0 Å². The van der Waals surface area contributed by atoms with Gasteiger partial charge in [0.05, 0.1) is 7.11 Å². The van der Waals surface area contributed by atoms with Gasteiger partial charge in [-0.2, -0.15) is 0 Å². The summed E-state index contributed by atoms with van der Waals surface area (Å²) in [7, 11) is 5.74. The van der Waals surface area contributed by atoms with E-state index in [0.717, 1.165) is 18.4 Å². The summed E-state index contributed by atoms with van der Waals surface area (Å²) in [5, 5.41) is 3.35. The van der Waals surface area contributed by atoms with Crippen LogP contribution >= 0.6 is 0 Å². The molecule has 4 heteroatoms. The van der Waals surface area contributed by atoms with Crippen LogP contribution < -0.4 is 10.1 Å². The molecule has 0 radical (unpaired) electrons. The third-order valence-electron chi connectivity index (χ3n) is 5.46. The highest BCUT2D eigenvalue weighted by molar-refractivity contribution is 5.31. The maximum Gasteiger partial charge on any atom is 0.131 e. The first-order valence-corrected chi connectivity index (χ1v) is 7.86. The Bertz CT molecular complexity index is 494. The predicted molar refractivity (Wildman–Crippen MR) is 82.0 cm³/mol. The monoisotopic (exact) mass is 292 g/mol. The molecule has 116 valence electrons. The minimum atomic E-state index is -0.167. The fraction of sp³-hybridized carbons (Fsp3) is 0.647. The van der Waals surface area contributed by atoms with Gasteiger partial charge in [0.15, 0.2) is 0 Å². The SMILES string of the molecule is CNC(c1ccc(OC)cc1F)C1CC2CCC(C1)N2C. The number of halogens is 1. The first-order valence-electron chi connectivity index (χ1n) is 7.86. The van der Waals surface area contributed by atoms with E-state index in [1.54, 1.807) is 7.11 Å². The van der Waals surface area contributed by atoms with E-state index in [4.69, 9.17) is 4.74 Å². The Morgan fingerprint density at radius 1 is 1.29 bits per heavy atom. The molecule has 2 aliphatic heterocycles. The molecule has 0 saturated carbocycles. The van der Waals surface area contributed by atoms with Crippen LogP contribution in [-0.4, -0.2) is 38.2 Å². The minimum Gasteiger partial charge on any atom is -0.497 e. The van der Waals surface area contributed by atoms with E-state index >= 15 is 0 Å². The fourth-order valence-corrected chi connectivity index (χ4v) is 4.26. The van der Waals surface area contributed by atoms with Crippen LogP contribution in [0.3, 0.4) is 0 Å². The number of methoxy groups -OCH3 is 1. The smallest absolute Gasteiger partial charge is 0.131 e. The highest BCUT2D eigenvalue weighted by Crippen LogP contribution is 2.43. The number of hydrogen-bond donors (Lipinski definition) is 1. The Balaban J connectivity index is 1.82. The topological polar surface area (TPSA) is 24.5 Å². The van der Waals surface area contributed by atoms with Crippen LogP contribution in [0.4, 0.5) is 4.39 Å². The second-order valence-corrected chi connectivity index (χ2v) is 6.44. The van der Waals surface area contributed by atoms with Crippen molar-refractivity contribution in [1.82, 2.24) is 10.2 Å². The normalized spacial score (nSPS) is 30.4. The molecule has 3 rings (SSSR count). The second kappa shape index (κ2) is 5.93. The van der Waals surface area contributed by atoms with E-state index in [1.807, 2.05) is 19.2 Å². The molecule has 2 bridgehead atoms. The Labute approximate surface area is 126 Å². The maximum absolute atomic E-state index is 14.4. The highest BCUT2D eigenvalue weighted by atomic mass is 19.1. The molecular formula is C17H25FN2O. The lowest BCUT2D eigenvalue weighted by atomic mass is 9.82. The molecule has 2 fully saturated rings. The Morgan fingerprint density at radius 3 is 2.48 bits per heavy atom. The molecule has 2 aliphatic rings. The van der Waals surface area contributed by atoms with Gasteiger partial charge in [-0.25, -0.2) is 4.39 Å². The van der Waals surface area contributed by atoms with Crippen LogP contribution in [0.5, 0.6) is 5.75 Å². The van der Waals surface area contributed by atoms with Gasteiger partial charge < -0.3 is 15.0 Å². The van der Waals surface area contributed by atoms with Crippen molar-refractivity contribution in [2.45, 2.75) is 43.8 Å². The van der Waals surface area contributed by atoms with Crippen LogP contribution in [0.2, 0.25) is 0 Å². The Morgan fingerprint density at radius 2 is 1.95 bits per heavy atom. The summed E-state index contributed by atoms with van der Waals surface area (Å²) in [5.41, 5.74) is 0.771. The summed E-state index contributed by atoms with van der Waals surface area (Å²) in [4.78, 5) is 2.52. The maximum atomic E-state index is 14.4. The van der Waals surface area contributed by atoms with Crippen molar-refractivity contribution in [3.05, 3.63) is 29.6 Å². The van der Waals surface area contributed by atoms with Crippen molar-refractivity contribution < 1.29 is 9.13 Å². The number of ether oxygens (including phenoxy) is 1. The lowest BCUT2D eigenvalue weighted by molar-refractivity contribution is 0.113. The van der Waals surface area contributed by atoms with Gasteiger partial charge in [0.1, 0.15) is 11.6 Å². The van der Waals surface area contributed by atoms with E-state index in [0.29, 0.717) is 23.8 Å². The average Bonchev–Trinajstić information content (AvgIpc) is 2.71. The third-order valence-corrected chi connectivity index (χ3v) is 5.46. The zero-order valence-corrected chi connectivity index (χ0v) is 13.1. The molecule has 3 unspecified atom stereocenters. The molecule has 1 aromatic rings. The van der Waals surface area contributed by atoms with Gasteiger partial charge in [0.2, 0.25) is 0 Å². The Kier molecular flexibility index (Phi) is 4.18. The summed E-state index contributed by atoms with van der Waals surface area (Å²) in [5.74, 6) is 0.918. The van der Waals surface area contributed by atoms with Gasteiger partial charge in [0.25, 0.3) is 0 Å². The standard InChI is InChI=1S/C17H25FN2O/c1-19-17(15-7-6-14(21-3)10-16(15)18)11-8-12-4-5-13(9-11)20(12)2/h6-7,10-13,17,19H,4-5,8-9H2,1-3H3. The molecule has 0 aromatic heterocycles. The molecule has 0 amide bonds. The molecule has 0 spiro atoms. The number of hydrogen-bond acceptors (Lipinski definition) is 3. The summed E-state index contributed by atoms with van der Waals surface area (Å²) >= 11 is 0. The largest absolute Gasteiger partial charge is 0.497 e. The predicted octanol–water partition coefficient (Wildman–Crippen LogP) is 2.97. The molecule has 0 aliphatic carbocycles. The van der Waals surface area contributed by atoms with Gasteiger partial charge in [0, 0.05) is 29.8 Å². The van der Waals surface area contributed by atoms with E-state index in [1.165, 1.54) is 18.9 Å². The average molecular weight is 292 g/mol. The van der Waals surface area contributed by atoms with Crippen molar-refractivity contribution in [1.29, 1.82) is 0 Å². The zero-order valence-electron chi connectivity index (χ0n) is 13.1. The number of nitrogens with one attached hydrogen (secondary N) is 1. The van der Waals surface area contributed by atoms with E-state index in [-0.39, 0.29) is 11.9 Å². The van der Waals surface area contributed by atoms with Crippen molar-refractivity contribution in [3.63, 3.8) is 0 Å². The quantitative estimate of drug-likeness (QED) is 0.923. The molecule has 3 atom stereocenters. The fourth-order valence-electron chi connectivity index (χ4n) is 4.26. The van der Waals surface area contributed by atoms with Crippen molar-refractivity contribution in [2.75, 3.05) is 21.2 Å². The van der Waals surface area contributed by atoms with Crippen LogP contribution in [0, 0.1) is 11.7 Å². The molecule has 3 nitrogen and oxygen atoms in total. The number of fused-ring (bicyclic) bond motifs is 2. The summed E-state index contributed by atoms with van der Waals surface area (Å²) in [6.45, 7) is 0. The van der Waals surface area contributed by atoms with Crippen LogP contribution in [0.25, 0.3) is 0 Å². The molecule has 1 N–H and O–H groups in total. The number of rotatable bonds is 4. The van der Waals surface area contributed by atoms with Crippen LogP contribution in [-0.2, 0) is 0 Å². The number of piperidine rings is 1. The minimum absolute atomic E-state index is 0.0905. The van der Waals surface area contributed by atoms with Crippen LogP contribution in [0.15, 0.2) is 18.2 Å². The molecule has 2 saturated heterocycles. The van der Waals surface area contributed by atoms with Gasteiger partial charge >= 0.3 is 0 Å². The first kappa shape index (κ1) is 14.8. The van der Waals surface area contributed by atoms with Crippen LogP contribution in [0.1, 0.15) is 37.3 Å². The third kappa shape index (κ3) is 2.67. The van der Waals surface area contributed by atoms with Gasteiger partial charge in [-0.15, -0.1) is 0 Å². The highest BCUT2D eigenvalue weighted by Gasteiger charge is 2.41. The van der Waals surface area contributed by atoms with Gasteiger partial charge in [-0.3, -0.25) is 0 Å². The molecular weight excluding hydrogens is 267 g/mol. The number of nitrogens with zero attached hydrogens (tertiary/aromatic N) is 1. The molecule has 21 heavy (non-hydrogen) atoms. The van der Waals surface area contributed by atoms with Gasteiger partial charge in [-0.05, 0) is 51.8 Å². The molecule has 2 heterocycles.